The minimum atomic E-state index is -0.141. The van der Waals surface area contributed by atoms with E-state index in [2.05, 4.69) is 39.8 Å². The quantitative estimate of drug-likeness (QED) is 0.655. The largest absolute Gasteiger partial charge is 0.497 e. The highest BCUT2D eigenvalue weighted by Crippen LogP contribution is 2.59. The van der Waals surface area contributed by atoms with Gasteiger partial charge in [-0.3, -0.25) is 14.8 Å². The number of aryl methyl sites for hydroxylation is 1. The Bertz CT molecular complexity index is 1410. The number of aromatic nitrogens is 3. The van der Waals surface area contributed by atoms with Crippen LogP contribution >= 0.6 is 0 Å². The van der Waals surface area contributed by atoms with Crippen LogP contribution in [0.25, 0.3) is 10.9 Å². The zero-order chi connectivity index (χ0) is 23.2. The monoisotopic (exact) mass is 456 g/mol. The van der Waals surface area contributed by atoms with E-state index in [9.17, 15) is 4.79 Å². The Morgan fingerprint density at radius 1 is 1.26 bits per heavy atom. The number of rotatable bonds is 4. The molecular formula is C26H28N6O2. The molecule has 2 aromatic heterocycles. The van der Waals surface area contributed by atoms with E-state index in [1.165, 1.54) is 16.5 Å². The second kappa shape index (κ2) is 6.81. The Morgan fingerprint density at radius 3 is 2.97 bits per heavy atom. The highest BCUT2D eigenvalue weighted by molar-refractivity contribution is 6.13. The lowest BCUT2D eigenvalue weighted by atomic mass is 9.99. The normalized spacial score (nSPS) is 30.6. The van der Waals surface area contributed by atoms with Gasteiger partial charge in [0.1, 0.15) is 29.2 Å². The van der Waals surface area contributed by atoms with Crippen LogP contribution in [0.1, 0.15) is 55.6 Å². The van der Waals surface area contributed by atoms with Crippen LogP contribution in [-0.4, -0.2) is 57.2 Å². The molecule has 1 N–H and O–H groups in total. The molecule has 3 aromatic rings. The number of nitrogens with one attached hydrogen (secondary N) is 1. The van der Waals surface area contributed by atoms with Gasteiger partial charge >= 0.3 is 0 Å². The first-order chi connectivity index (χ1) is 16.5. The van der Waals surface area contributed by atoms with Gasteiger partial charge in [0.2, 0.25) is 5.91 Å². The number of amides is 1. The fourth-order valence-corrected chi connectivity index (χ4v) is 6.71. The Kier molecular flexibility index (Phi) is 4.00. The van der Waals surface area contributed by atoms with Crippen LogP contribution in [0, 0.1) is 0 Å². The van der Waals surface area contributed by atoms with Gasteiger partial charge in [0, 0.05) is 66.9 Å². The third kappa shape index (κ3) is 2.59. The molecule has 2 aliphatic carbocycles. The van der Waals surface area contributed by atoms with E-state index in [-0.39, 0.29) is 29.6 Å². The Balaban J connectivity index is 1.25. The molecule has 1 aromatic carbocycles. The maximum atomic E-state index is 11.6. The fraction of sp³-hybridized carbons (Fsp3) is 0.462. The molecule has 1 amide bonds. The molecule has 7 rings (SSSR count). The van der Waals surface area contributed by atoms with Crippen molar-refractivity contribution in [2.45, 2.75) is 62.2 Å². The highest BCUT2D eigenvalue weighted by atomic mass is 16.5. The standard InChI is InChI=1S/C26H28N6O2/c1-14(33)29-16-5-4-15(8-16)25-28-12-17-11-27-23-24-26(23,32(17)25)10-21(30-24)20-13-31(2)22-7-6-18(34-3)9-19(20)22/h6-7,9,11-13,15-16,23-24H,4-5,8,10H2,1-3H3,(H,29,33). The molecule has 8 heteroatoms. The summed E-state index contributed by atoms with van der Waals surface area (Å²) in [5.74, 6) is 2.39. The molecule has 5 atom stereocenters. The van der Waals surface area contributed by atoms with Gasteiger partial charge in [-0.1, -0.05) is 0 Å². The van der Waals surface area contributed by atoms with Gasteiger partial charge in [-0.25, -0.2) is 4.98 Å². The Hall–Kier alpha value is -3.42. The van der Waals surface area contributed by atoms with Crippen molar-refractivity contribution < 1.29 is 9.53 Å². The molecular weight excluding hydrogens is 428 g/mol. The van der Waals surface area contributed by atoms with Crippen molar-refractivity contribution >= 4 is 28.7 Å². The molecule has 2 fully saturated rings. The molecule has 5 unspecified atom stereocenters. The molecule has 0 saturated heterocycles. The number of ether oxygens (including phenoxy) is 1. The number of benzene rings is 1. The number of hydrogen-bond acceptors (Lipinski definition) is 5. The lowest BCUT2D eigenvalue weighted by Gasteiger charge is -2.25. The van der Waals surface area contributed by atoms with Gasteiger partial charge < -0.3 is 19.2 Å². The molecule has 1 spiro atoms. The lowest BCUT2D eigenvalue weighted by molar-refractivity contribution is -0.119. The Morgan fingerprint density at radius 2 is 2.15 bits per heavy atom. The van der Waals surface area contributed by atoms with Crippen molar-refractivity contribution in [3.05, 3.63) is 47.7 Å². The van der Waals surface area contributed by atoms with Crippen LogP contribution in [0.4, 0.5) is 0 Å². The second-order valence-electron chi connectivity index (χ2n) is 10.2. The predicted molar refractivity (Wildman–Crippen MR) is 130 cm³/mol. The summed E-state index contributed by atoms with van der Waals surface area (Å²) >= 11 is 0. The van der Waals surface area contributed by atoms with E-state index in [1.807, 2.05) is 18.5 Å². The zero-order valence-electron chi connectivity index (χ0n) is 19.7. The first-order valence-corrected chi connectivity index (χ1v) is 12.1. The Labute approximate surface area is 197 Å². The first kappa shape index (κ1) is 20.0. The molecule has 4 heterocycles. The molecule has 34 heavy (non-hydrogen) atoms. The van der Waals surface area contributed by atoms with Gasteiger partial charge in [-0.2, -0.15) is 0 Å². The van der Waals surface area contributed by atoms with Gasteiger partial charge in [0.25, 0.3) is 0 Å². The minimum Gasteiger partial charge on any atom is -0.497 e. The third-order valence-corrected chi connectivity index (χ3v) is 8.27. The summed E-state index contributed by atoms with van der Waals surface area (Å²) in [6.45, 7) is 1.60. The molecule has 4 aliphatic rings. The van der Waals surface area contributed by atoms with E-state index in [1.54, 1.807) is 14.0 Å². The summed E-state index contributed by atoms with van der Waals surface area (Å²) in [5, 5.41) is 4.27. The number of nitrogens with zero attached hydrogens (tertiary/aromatic N) is 5. The average Bonchev–Trinajstić information content (AvgIpc) is 3.38. The lowest BCUT2D eigenvalue weighted by Crippen LogP contribution is -2.32. The fourth-order valence-electron chi connectivity index (χ4n) is 6.71. The van der Waals surface area contributed by atoms with Crippen molar-refractivity contribution in [2.24, 2.45) is 17.0 Å². The summed E-state index contributed by atoms with van der Waals surface area (Å²) in [6, 6.07) is 6.80. The predicted octanol–water partition coefficient (Wildman–Crippen LogP) is 2.93. The number of carbonyl (C=O) groups is 1. The first-order valence-electron chi connectivity index (χ1n) is 12.1. The number of fused-ring (bicyclic) bond motifs is 3. The van der Waals surface area contributed by atoms with E-state index in [0.29, 0.717) is 5.92 Å². The highest BCUT2D eigenvalue weighted by Gasteiger charge is 2.72. The van der Waals surface area contributed by atoms with Crippen molar-refractivity contribution in [3.63, 3.8) is 0 Å². The van der Waals surface area contributed by atoms with Crippen LogP contribution in [-0.2, 0) is 17.4 Å². The van der Waals surface area contributed by atoms with Gasteiger partial charge in [0.05, 0.1) is 19.0 Å². The molecule has 174 valence electrons. The van der Waals surface area contributed by atoms with Crippen LogP contribution in [0.2, 0.25) is 0 Å². The number of aliphatic imine (C=N–C) groups is 2. The van der Waals surface area contributed by atoms with E-state index in [0.717, 1.165) is 48.7 Å². The second-order valence-corrected chi connectivity index (χ2v) is 10.2. The SMILES string of the molecule is COc1ccc2c(c1)c(C1=NC3C4N=Cc5cnc(C6CCC(NC(C)=O)C6)n5C43C1)cn2C. The molecule has 8 nitrogen and oxygen atoms in total. The maximum Gasteiger partial charge on any atom is 0.217 e. The smallest absolute Gasteiger partial charge is 0.217 e. The number of carbonyl (C=O) groups excluding carboxylic acids is 1. The van der Waals surface area contributed by atoms with Crippen LogP contribution in [0.5, 0.6) is 5.75 Å². The van der Waals surface area contributed by atoms with Crippen molar-refractivity contribution in [2.75, 3.05) is 7.11 Å². The van der Waals surface area contributed by atoms with Crippen molar-refractivity contribution in [3.8, 4) is 5.75 Å². The van der Waals surface area contributed by atoms with E-state index in [4.69, 9.17) is 19.7 Å². The summed E-state index contributed by atoms with van der Waals surface area (Å²) in [4.78, 5) is 26.5. The number of hydrogen-bond donors (Lipinski definition) is 1. The summed E-state index contributed by atoms with van der Waals surface area (Å²) in [6.07, 6.45) is 9.97. The van der Waals surface area contributed by atoms with Gasteiger partial charge in [-0.15, -0.1) is 0 Å². The van der Waals surface area contributed by atoms with Crippen LogP contribution in [0.15, 0.2) is 40.6 Å². The summed E-state index contributed by atoms with van der Waals surface area (Å²) in [5.41, 5.74) is 4.44. The van der Waals surface area contributed by atoms with Crippen molar-refractivity contribution in [1.82, 2.24) is 19.4 Å². The molecule has 0 bridgehead atoms. The van der Waals surface area contributed by atoms with Gasteiger partial charge in [0.15, 0.2) is 0 Å². The molecule has 2 aliphatic heterocycles. The van der Waals surface area contributed by atoms with Crippen molar-refractivity contribution in [1.29, 1.82) is 0 Å². The summed E-state index contributed by atoms with van der Waals surface area (Å²) < 4.78 is 10.1. The van der Waals surface area contributed by atoms with E-state index < -0.39 is 0 Å². The maximum absolute atomic E-state index is 11.6. The summed E-state index contributed by atoms with van der Waals surface area (Å²) in [7, 11) is 3.79. The van der Waals surface area contributed by atoms with Gasteiger partial charge in [-0.05, 0) is 37.5 Å². The molecule has 0 radical (unpaired) electrons. The van der Waals surface area contributed by atoms with Crippen LogP contribution in [0.3, 0.4) is 0 Å². The topological polar surface area (TPSA) is 85.8 Å². The minimum absolute atomic E-state index is 0.0457. The van der Waals surface area contributed by atoms with E-state index >= 15 is 0 Å². The number of methoxy groups -OCH3 is 1. The zero-order valence-corrected chi connectivity index (χ0v) is 19.7. The third-order valence-electron chi connectivity index (χ3n) is 8.27. The van der Waals surface area contributed by atoms with Crippen LogP contribution < -0.4 is 10.1 Å². The average molecular weight is 457 g/mol. The number of imidazole rings is 1. The molecule has 2 saturated carbocycles.